The number of hydrogen-bond donors (Lipinski definition) is 0. The molecule has 2 fully saturated rings. The fraction of sp³-hybridized carbons (Fsp3) is 0.333. The highest BCUT2D eigenvalue weighted by Gasteiger charge is 2.21. The summed E-state index contributed by atoms with van der Waals surface area (Å²) in [5, 5.41) is 0. The molecule has 4 aromatic carbocycles. The van der Waals surface area contributed by atoms with Crippen molar-refractivity contribution in [2.45, 2.75) is 44.9 Å². The molecule has 2 heterocycles. The summed E-state index contributed by atoms with van der Waals surface area (Å²) in [6.07, 6.45) is 7.55. The average molecular weight is 639 g/mol. The van der Waals surface area contributed by atoms with Gasteiger partial charge in [-0.15, -0.1) is 0 Å². The molecule has 0 spiro atoms. The molecular weight excluding hydrogens is 596 g/mol. The topological polar surface area (TPSA) is 73.8 Å². The highest BCUT2D eigenvalue weighted by atomic mass is 16.7. The van der Waals surface area contributed by atoms with Gasteiger partial charge in [-0.05, 0) is 84.8 Å². The van der Waals surface area contributed by atoms with E-state index >= 15 is 0 Å². The summed E-state index contributed by atoms with van der Waals surface area (Å²) in [6.45, 7) is 2.51. The Bertz CT molecular complexity index is 1640. The first-order valence-corrected chi connectivity index (χ1v) is 16.1. The summed E-state index contributed by atoms with van der Waals surface area (Å²) < 4.78 is 46.9. The quantitative estimate of drug-likeness (QED) is 0.143. The van der Waals surface area contributed by atoms with E-state index in [0.717, 1.165) is 77.2 Å². The monoisotopic (exact) mass is 638 g/mol. The van der Waals surface area contributed by atoms with Gasteiger partial charge in [0, 0.05) is 23.3 Å². The van der Waals surface area contributed by atoms with Crippen molar-refractivity contribution in [2.24, 2.45) is 0 Å². The molecule has 1 atom stereocenters. The number of benzene rings is 4. The van der Waals surface area contributed by atoms with Crippen LogP contribution in [0.5, 0.6) is 28.7 Å². The molecule has 8 heteroatoms. The average Bonchev–Trinajstić information content (AvgIpc) is 3.14. The maximum Gasteiger partial charge on any atom is 0.183 e. The lowest BCUT2D eigenvalue weighted by atomic mass is 9.96. The summed E-state index contributed by atoms with van der Waals surface area (Å²) >= 11 is 0. The van der Waals surface area contributed by atoms with Crippen molar-refractivity contribution in [2.75, 3.05) is 41.2 Å². The van der Waals surface area contributed by atoms with Crippen LogP contribution in [0.25, 0.3) is 23.3 Å². The second-order valence-electron chi connectivity index (χ2n) is 11.4. The molecular formula is C39H42O8. The molecule has 8 nitrogen and oxygen atoms in total. The van der Waals surface area contributed by atoms with Crippen LogP contribution in [0, 0.1) is 0 Å². The molecule has 0 saturated carbocycles. The zero-order valence-electron chi connectivity index (χ0n) is 27.2. The highest BCUT2D eigenvalue weighted by Crippen LogP contribution is 2.40. The van der Waals surface area contributed by atoms with E-state index in [-0.39, 0.29) is 6.29 Å². The molecule has 0 bridgehead atoms. The van der Waals surface area contributed by atoms with Crippen molar-refractivity contribution in [1.29, 1.82) is 0 Å². The lowest BCUT2D eigenvalue weighted by molar-refractivity contribution is -0.183. The smallest absolute Gasteiger partial charge is 0.183 e. The Morgan fingerprint density at radius 2 is 1.40 bits per heavy atom. The van der Waals surface area contributed by atoms with E-state index in [0.29, 0.717) is 37.1 Å². The van der Waals surface area contributed by atoms with E-state index in [1.54, 1.807) is 21.3 Å². The third-order valence-corrected chi connectivity index (χ3v) is 8.25. The molecule has 2 aliphatic heterocycles. The van der Waals surface area contributed by atoms with Gasteiger partial charge in [-0.3, -0.25) is 0 Å². The van der Waals surface area contributed by atoms with Crippen LogP contribution >= 0.6 is 0 Å². The van der Waals surface area contributed by atoms with Gasteiger partial charge >= 0.3 is 0 Å². The van der Waals surface area contributed by atoms with Crippen LogP contribution in [0.3, 0.4) is 0 Å². The predicted molar refractivity (Wildman–Crippen MR) is 181 cm³/mol. The lowest BCUT2D eigenvalue weighted by Gasteiger charge is -2.24. The Morgan fingerprint density at radius 1 is 0.660 bits per heavy atom. The molecule has 0 radical (unpaired) electrons. The Labute approximate surface area is 276 Å². The predicted octanol–water partition coefficient (Wildman–Crippen LogP) is 8.82. The summed E-state index contributed by atoms with van der Waals surface area (Å²) in [4.78, 5) is 0. The van der Waals surface area contributed by atoms with Gasteiger partial charge in [0.05, 0.1) is 41.2 Å². The highest BCUT2D eigenvalue weighted by molar-refractivity contribution is 5.81. The first kappa shape index (κ1) is 32.6. The van der Waals surface area contributed by atoms with Crippen molar-refractivity contribution >= 4 is 12.2 Å². The zero-order valence-corrected chi connectivity index (χ0v) is 27.2. The Kier molecular flexibility index (Phi) is 11.1. The fourth-order valence-corrected chi connectivity index (χ4v) is 5.78. The van der Waals surface area contributed by atoms with Crippen molar-refractivity contribution in [1.82, 2.24) is 0 Å². The first-order chi connectivity index (χ1) is 23.1. The zero-order chi connectivity index (χ0) is 32.4. The Balaban J connectivity index is 1.16. The second kappa shape index (κ2) is 16.0. The number of hydrogen-bond acceptors (Lipinski definition) is 8. The molecule has 2 saturated heterocycles. The number of ether oxygens (including phenoxy) is 8. The Hall–Kier alpha value is -4.34. The van der Waals surface area contributed by atoms with Gasteiger partial charge in [0.25, 0.3) is 0 Å². The van der Waals surface area contributed by atoms with Gasteiger partial charge in [-0.1, -0.05) is 48.6 Å². The molecule has 0 aliphatic carbocycles. The summed E-state index contributed by atoms with van der Waals surface area (Å²) in [5.41, 5.74) is 5.83. The molecule has 2 aliphatic rings. The number of rotatable bonds is 12. The molecule has 1 unspecified atom stereocenters. The lowest BCUT2D eigenvalue weighted by Crippen LogP contribution is -2.22. The SMILES string of the molecule is COc1ccc(C2OCCCO2)cc1Oc1ccc(/C=C/c2ccc(-c3c(COC4CCCCO4)cccc3OC)c(OC)c2)cc1. The van der Waals surface area contributed by atoms with Gasteiger partial charge < -0.3 is 37.9 Å². The van der Waals surface area contributed by atoms with Crippen molar-refractivity contribution in [3.8, 4) is 39.9 Å². The van der Waals surface area contributed by atoms with Crippen LogP contribution in [0.4, 0.5) is 0 Å². The number of methoxy groups -OCH3 is 3. The van der Waals surface area contributed by atoms with E-state index in [2.05, 4.69) is 30.4 Å². The molecule has 6 rings (SSSR count). The molecule has 0 N–H and O–H groups in total. The molecule has 0 aromatic heterocycles. The first-order valence-electron chi connectivity index (χ1n) is 16.1. The van der Waals surface area contributed by atoms with Crippen molar-refractivity contribution in [3.63, 3.8) is 0 Å². The van der Waals surface area contributed by atoms with Crippen LogP contribution in [0.2, 0.25) is 0 Å². The third-order valence-electron chi connectivity index (χ3n) is 8.25. The van der Waals surface area contributed by atoms with Gasteiger partial charge in [0.2, 0.25) is 0 Å². The van der Waals surface area contributed by atoms with E-state index in [9.17, 15) is 0 Å². The molecule has 0 amide bonds. The third kappa shape index (κ3) is 8.15. The normalized spacial score (nSPS) is 17.0. The summed E-state index contributed by atoms with van der Waals surface area (Å²) in [7, 11) is 5.00. The summed E-state index contributed by atoms with van der Waals surface area (Å²) in [6, 6.07) is 25.8. The van der Waals surface area contributed by atoms with Crippen LogP contribution in [-0.4, -0.2) is 47.4 Å². The maximum absolute atomic E-state index is 6.21. The molecule has 4 aromatic rings. The molecule has 246 valence electrons. The molecule has 47 heavy (non-hydrogen) atoms. The second-order valence-corrected chi connectivity index (χ2v) is 11.4. The van der Waals surface area contributed by atoms with Gasteiger partial charge in [-0.2, -0.15) is 0 Å². The fourth-order valence-electron chi connectivity index (χ4n) is 5.78. The van der Waals surface area contributed by atoms with Crippen LogP contribution in [0.1, 0.15) is 54.2 Å². The minimum atomic E-state index is -0.399. The van der Waals surface area contributed by atoms with Gasteiger partial charge in [-0.25, -0.2) is 0 Å². The van der Waals surface area contributed by atoms with Crippen LogP contribution in [0.15, 0.2) is 78.9 Å². The standard InChI is InChI=1S/C39H42O8/c1-40-33-20-16-29(39-44-22-7-23-45-39)25-36(33)47-31-17-13-27(14-18-31)11-12-28-15-19-32(35(24-28)42-3)38-30(8-6-9-34(38)41-2)26-46-37-10-4-5-21-43-37/h6,8-9,11-20,24-25,37,39H,4-5,7,10,21-23,26H2,1-3H3/b12-11+. The van der Waals surface area contributed by atoms with E-state index in [1.165, 1.54) is 0 Å². The minimum absolute atomic E-state index is 0.177. The van der Waals surface area contributed by atoms with Crippen LogP contribution < -0.4 is 18.9 Å². The van der Waals surface area contributed by atoms with E-state index in [4.69, 9.17) is 37.9 Å². The summed E-state index contributed by atoms with van der Waals surface area (Å²) in [5.74, 6) is 3.44. The van der Waals surface area contributed by atoms with Gasteiger partial charge in [0.1, 0.15) is 17.2 Å². The van der Waals surface area contributed by atoms with Crippen molar-refractivity contribution in [3.05, 3.63) is 101 Å². The van der Waals surface area contributed by atoms with E-state index in [1.807, 2.05) is 60.7 Å². The van der Waals surface area contributed by atoms with E-state index < -0.39 is 6.29 Å². The minimum Gasteiger partial charge on any atom is -0.496 e. The van der Waals surface area contributed by atoms with Crippen LogP contribution in [-0.2, 0) is 25.6 Å². The van der Waals surface area contributed by atoms with Crippen molar-refractivity contribution < 1.29 is 37.9 Å². The largest absolute Gasteiger partial charge is 0.496 e. The maximum atomic E-state index is 6.21. The van der Waals surface area contributed by atoms with Gasteiger partial charge in [0.15, 0.2) is 24.1 Å². The Morgan fingerprint density at radius 3 is 2.15 bits per heavy atom.